The summed E-state index contributed by atoms with van der Waals surface area (Å²) in [4.78, 5) is 13.2. The third-order valence-electron chi connectivity index (χ3n) is 2.54. The molecule has 1 rings (SSSR count). The Morgan fingerprint density at radius 3 is 2.92 bits per heavy atom. The van der Waals surface area contributed by atoms with Crippen molar-refractivity contribution in [1.29, 1.82) is 0 Å². The molecular formula is C9H18N2O2. The second-order valence-corrected chi connectivity index (χ2v) is 3.70. The number of hydrogen-bond acceptors (Lipinski definition) is 3. The molecule has 0 aromatic heterocycles. The van der Waals surface area contributed by atoms with E-state index in [4.69, 9.17) is 0 Å². The van der Waals surface area contributed by atoms with Crippen LogP contribution in [0.4, 0.5) is 0 Å². The molecule has 0 spiro atoms. The Morgan fingerprint density at radius 1 is 1.69 bits per heavy atom. The molecule has 1 heterocycles. The standard InChI is InChI=1S/C9H18N2O2/c1-7-6-11(4-3-8(7)12)9(13)5-10-2/h7-8,10,12H,3-6H2,1-2H3. The third-order valence-corrected chi connectivity index (χ3v) is 2.54. The molecule has 2 unspecified atom stereocenters. The molecule has 76 valence electrons. The molecule has 1 fully saturated rings. The van der Waals surface area contributed by atoms with Crippen LogP contribution in [0, 0.1) is 5.92 Å². The summed E-state index contributed by atoms with van der Waals surface area (Å²) in [5.41, 5.74) is 0. The molecule has 0 aromatic rings. The van der Waals surface area contributed by atoms with Crippen molar-refractivity contribution in [3.8, 4) is 0 Å². The highest BCUT2D eigenvalue weighted by atomic mass is 16.3. The largest absolute Gasteiger partial charge is 0.393 e. The first-order valence-electron chi connectivity index (χ1n) is 4.75. The molecule has 0 radical (unpaired) electrons. The van der Waals surface area contributed by atoms with Crippen molar-refractivity contribution in [3.63, 3.8) is 0 Å². The fourth-order valence-corrected chi connectivity index (χ4v) is 1.62. The lowest BCUT2D eigenvalue weighted by molar-refractivity contribution is -0.133. The number of nitrogens with zero attached hydrogens (tertiary/aromatic N) is 1. The summed E-state index contributed by atoms with van der Waals surface area (Å²) in [6.45, 7) is 3.74. The van der Waals surface area contributed by atoms with Gasteiger partial charge in [0.25, 0.3) is 0 Å². The van der Waals surface area contributed by atoms with E-state index >= 15 is 0 Å². The zero-order chi connectivity index (χ0) is 9.84. The number of nitrogens with one attached hydrogen (secondary N) is 1. The number of carbonyl (C=O) groups is 1. The first kappa shape index (κ1) is 10.5. The van der Waals surface area contributed by atoms with Gasteiger partial charge in [0.2, 0.25) is 5.91 Å². The summed E-state index contributed by atoms with van der Waals surface area (Å²) >= 11 is 0. The summed E-state index contributed by atoms with van der Waals surface area (Å²) in [6.07, 6.45) is 0.468. The van der Waals surface area contributed by atoms with Gasteiger partial charge in [-0.25, -0.2) is 0 Å². The molecule has 1 saturated heterocycles. The Labute approximate surface area is 78.9 Å². The predicted octanol–water partition coefficient (Wildman–Crippen LogP) is -0.565. The van der Waals surface area contributed by atoms with Gasteiger partial charge in [-0.1, -0.05) is 6.92 Å². The first-order valence-corrected chi connectivity index (χ1v) is 4.75. The van der Waals surface area contributed by atoms with Gasteiger partial charge < -0.3 is 15.3 Å². The van der Waals surface area contributed by atoms with Crippen molar-refractivity contribution in [1.82, 2.24) is 10.2 Å². The fraction of sp³-hybridized carbons (Fsp3) is 0.889. The number of aliphatic hydroxyl groups is 1. The normalized spacial score (nSPS) is 29.0. The van der Waals surface area contributed by atoms with Crippen LogP contribution < -0.4 is 5.32 Å². The summed E-state index contributed by atoms with van der Waals surface area (Å²) in [5, 5.41) is 12.3. The van der Waals surface area contributed by atoms with E-state index in [1.807, 2.05) is 11.8 Å². The van der Waals surface area contributed by atoms with Crippen molar-refractivity contribution in [2.24, 2.45) is 5.92 Å². The smallest absolute Gasteiger partial charge is 0.236 e. The molecule has 1 aliphatic rings. The van der Waals surface area contributed by atoms with Crippen LogP contribution in [-0.2, 0) is 4.79 Å². The van der Waals surface area contributed by atoms with E-state index < -0.39 is 0 Å². The Bertz CT molecular complexity index is 184. The summed E-state index contributed by atoms with van der Waals surface area (Å²) in [6, 6.07) is 0. The maximum absolute atomic E-state index is 11.4. The van der Waals surface area contributed by atoms with Crippen molar-refractivity contribution in [2.75, 3.05) is 26.7 Å². The average molecular weight is 186 g/mol. The molecule has 1 aliphatic heterocycles. The minimum atomic E-state index is -0.237. The monoisotopic (exact) mass is 186 g/mol. The van der Waals surface area contributed by atoms with Crippen LogP contribution in [0.5, 0.6) is 0 Å². The van der Waals surface area contributed by atoms with Gasteiger partial charge in [-0.05, 0) is 19.4 Å². The van der Waals surface area contributed by atoms with Gasteiger partial charge in [-0.15, -0.1) is 0 Å². The summed E-state index contributed by atoms with van der Waals surface area (Å²) in [7, 11) is 1.76. The van der Waals surface area contributed by atoms with Crippen molar-refractivity contribution < 1.29 is 9.90 Å². The highest BCUT2D eigenvalue weighted by molar-refractivity contribution is 5.78. The van der Waals surface area contributed by atoms with Crippen LogP contribution in [0.25, 0.3) is 0 Å². The minimum Gasteiger partial charge on any atom is -0.393 e. The zero-order valence-corrected chi connectivity index (χ0v) is 8.29. The Kier molecular flexibility index (Phi) is 3.69. The molecule has 4 heteroatoms. The van der Waals surface area contributed by atoms with E-state index in [-0.39, 0.29) is 17.9 Å². The summed E-state index contributed by atoms with van der Waals surface area (Å²) < 4.78 is 0. The van der Waals surface area contributed by atoms with Crippen LogP contribution >= 0.6 is 0 Å². The highest BCUT2D eigenvalue weighted by Gasteiger charge is 2.26. The third kappa shape index (κ3) is 2.67. The maximum Gasteiger partial charge on any atom is 0.236 e. The summed E-state index contributed by atoms with van der Waals surface area (Å²) in [5.74, 6) is 0.329. The number of likely N-dealkylation sites (N-methyl/N-ethyl adjacent to an activating group) is 1. The molecule has 2 N–H and O–H groups in total. The van der Waals surface area contributed by atoms with E-state index in [0.29, 0.717) is 26.1 Å². The number of rotatable bonds is 2. The van der Waals surface area contributed by atoms with Crippen molar-refractivity contribution in [3.05, 3.63) is 0 Å². The van der Waals surface area contributed by atoms with Gasteiger partial charge in [0.15, 0.2) is 0 Å². The molecule has 0 saturated carbocycles. The van der Waals surface area contributed by atoms with Gasteiger partial charge in [0, 0.05) is 13.1 Å². The number of likely N-dealkylation sites (tertiary alicyclic amines) is 1. The molecule has 4 nitrogen and oxygen atoms in total. The predicted molar refractivity (Wildman–Crippen MR) is 50.3 cm³/mol. The van der Waals surface area contributed by atoms with E-state index in [9.17, 15) is 9.90 Å². The highest BCUT2D eigenvalue weighted by Crippen LogP contribution is 2.16. The van der Waals surface area contributed by atoms with Crippen LogP contribution in [0.3, 0.4) is 0 Å². The van der Waals surface area contributed by atoms with E-state index in [0.717, 1.165) is 0 Å². The van der Waals surface area contributed by atoms with Crippen LogP contribution in [0.15, 0.2) is 0 Å². The van der Waals surface area contributed by atoms with Gasteiger partial charge in [-0.3, -0.25) is 4.79 Å². The van der Waals surface area contributed by atoms with Gasteiger partial charge in [-0.2, -0.15) is 0 Å². The fourth-order valence-electron chi connectivity index (χ4n) is 1.62. The quantitative estimate of drug-likeness (QED) is 0.607. The molecule has 0 bridgehead atoms. The van der Waals surface area contributed by atoms with Crippen molar-refractivity contribution in [2.45, 2.75) is 19.4 Å². The second-order valence-electron chi connectivity index (χ2n) is 3.70. The lowest BCUT2D eigenvalue weighted by Gasteiger charge is -2.34. The Hall–Kier alpha value is -0.610. The molecule has 13 heavy (non-hydrogen) atoms. The van der Waals surface area contributed by atoms with Crippen LogP contribution in [0.2, 0.25) is 0 Å². The average Bonchev–Trinajstić information content (AvgIpc) is 2.10. The number of aliphatic hydroxyl groups excluding tert-OH is 1. The maximum atomic E-state index is 11.4. The molecule has 1 amide bonds. The molecular weight excluding hydrogens is 168 g/mol. The topological polar surface area (TPSA) is 52.6 Å². The molecule has 2 atom stereocenters. The number of hydrogen-bond donors (Lipinski definition) is 2. The van der Waals surface area contributed by atoms with Gasteiger partial charge in [0.05, 0.1) is 12.6 Å². The number of piperidine rings is 1. The van der Waals surface area contributed by atoms with E-state index in [1.54, 1.807) is 7.05 Å². The van der Waals surface area contributed by atoms with Gasteiger partial charge in [0.1, 0.15) is 0 Å². The first-order chi connectivity index (χ1) is 6.15. The zero-order valence-electron chi connectivity index (χ0n) is 8.29. The SMILES string of the molecule is CNCC(=O)N1CCC(O)C(C)C1. The van der Waals surface area contributed by atoms with Crippen LogP contribution in [0.1, 0.15) is 13.3 Å². The Balaban J connectivity index is 2.40. The lowest BCUT2D eigenvalue weighted by Crippen LogP contribution is -2.47. The molecule has 0 aliphatic carbocycles. The van der Waals surface area contributed by atoms with E-state index in [1.165, 1.54) is 0 Å². The minimum absolute atomic E-state index is 0.126. The van der Waals surface area contributed by atoms with Gasteiger partial charge >= 0.3 is 0 Å². The van der Waals surface area contributed by atoms with E-state index in [2.05, 4.69) is 5.32 Å². The lowest BCUT2D eigenvalue weighted by atomic mass is 9.97. The number of carbonyl (C=O) groups excluding carboxylic acids is 1. The van der Waals surface area contributed by atoms with Crippen LogP contribution in [-0.4, -0.2) is 48.7 Å². The second kappa shape index (κ2) is 4.58. The Morgan fingerprint density at radius 2 is 2.38 bits per heavy atom. The van der Waals surface area contributed by atoms with Crippen molar-refractivity contribution >= 4 is 5.91 Å². The number of amides is 1. The molecule has 0 aromatic carbocycles.